The summed E-state index contributed by atoms with van der Waals surface area (Å²) in [4.78, 5) is 24.6. The number of amides is 1. The lowest BCUT2D eigenvalue weighted by Gasteiger charge is -2.34. The molecule has 2 heterocycles. The van der Waals surface area contributed by atoms with E-state index in [1.165, 1.54) is 6.92 Å². The van der Waals surface area contributed by atoms with Gasteiger partial charge in [0.1, 0.15) is 18.0 Å². The van der Waals surface area contributed by atoms with Crippen LogP contribution >= 0.6 is 0 Å². The highest BCUT2D eigenvalue weighted by molar-refractivity contribution is 5.89. The summed E-state index contributed by atoms with van der Waals surface area (Å²) in [6.45, 7) is 8.40. The molecule has 33 heavy (non-hydrogen) atoms. The molecule has 2 bridgehead atoms. The van der Waals surface area contributed by atoms with Gasteiger partial charge in [-0.15, -0.1) is 0 Å². The summed E-state index contributed by atoms with van der Waals surface area (Å²) >= 11 is 0. The Balaban J connectivity index is 2.47. The van der Waals surface area contributed by atoms with Crippen LogP contribution < -0.4 is 5.32 Å². The Kier molecular flexibility index (Phi) is 9.64. The number of fused-ring (bicyclic) bond motifs is 2. The van der Waals surface area contributed by atoms with E-state index >= 15 is 0 Å². The second-order valence-corrected chi connectivity index (χ2v) is 8.63. The van der Waals surface area contributed by atoms with Crippen LogP contribution in [0.1, 0.15) is 47.5 Å². The summed E-state index contributed by atoms with van der Waals surface area (Å²) in [6, 6.07) is 0. The van der Waals surface area contributed by atoms with E-state index in [1.54, 1.807) is 44.2 Å². The van der Waals surface area contributed by atoms with Gasteiger partial charge in [-0.2, -0.15) is 0 Å². The van der Waals surface area contributed by atoms with Gasteiger partial charge in [0.2, 0.25) is 0 Å². The molecule has 0 saturated heterocycles. The number of rotatable bonds is 2. The number of nitrogens with one attached hydrogen (secondary N) is 1. The number of hydrogen-bond acceptors (Lipinski definition) is 7. The van der Waals surface area contributed by atoms with Crippen molar-refractivity contribution >= 4 is 11.9 Å². The van der Waals surface area contributed by atoms with Crippen molar-refractivity contribution in [3.63, 3.8) is 0 Å². The van der Waals surface area contributed by atoms with Crippen LogP contribution in [0.3, 0.4) is 0 Å². The van der Waals surface area contributed by atoms with Gasteiger partial charge in [0.15, 0.2) is 6.23 Å². The van der Waals surface area contributed by atoms with E-state index in [0.29, 0.717) is 17.8 Å². The van der Waals surface area contributed by atoms with Crippen LogP contribution in [0, 0.1) is 5.92 Å². The van der Waals surface area contributed by atoms with Crippen molar-refractivity contribution in [3.05, 3.63) is 58.9 Å². The largest absolute Gasteiger partial charge is 0.470 e. The third-order valence-corrected chi connectivity index (χ3v) is 5.56. The molecule has 8 heteroatoms. The molecule has 1 amide bonds. The monoisotopic (exact) mass is 461 g/mol. The second kappa shape index (κ2) is 12.0. The smallest absolute Gasteiger partial charge is 0.337 e. The molecule has 8 nitrogen and oxygen atoms in total. The summed E-state index contributed by atoms with van der Waals surface area (Å²) in [5.41, 5.74) is 1.85. The number of hydrogen-bond donors (Lipinski definition) is 4. The Labute approximate surface area is 195 Å². The molecule has 0 aromatic heterocycles. The van der Waals surface area contributed by atoms with Crippen LogP contribution in [-0.2, 0) is 19.1 Å². The number of ether oxygens (including phenoxy) is 2. The van der Waals surface area contributed by atoms with E-state index in [0.717, 1.165) is 5.57 Å². The van der Waals surface area contributed by atoms with Gasteiger partial charge < -0.3 is 30.1 Å². The third-order valence-electron chi connectivity index (χ3n) is 5.56. The van der Waals surface area contributed by atoms with Crippen LogP contribution in [0.15, 0.2) is 58.9 Å². The molecule has 0 spiro atoms. The van der Waals surface area contributed by atoms with E-state index in [2.05, 4.69) is 5.32 Å². The van der Waals surface area contributed by atoms with Gasteiger partial charge in [-0.1, -0.05) is 42.9 Å². The van der Waals surface area contributed by atoms with Crippen LogP contribution in [0.2, 0.25) is 0 Å². The lowest BCUT2D eigenvalue weighted by molar-refractivity contribution is -0.152. The first-order valence-electron chi connectivity index (χ1n) is 11.1. The van der Waals surface area contributed by atoms with Gasteiger partial charge in [0, 0.05) is 6.42 Å². The van der Waals surface area contributed by atoms with Gasteiger partial charge in [-0.3, -0.25) is 4.79 Å². The van der Waals surface area contributed by atoms with Crippen molar-refractivity contribution in [3.8, 4) is 0 Å². The first kappa shape index (κ1) is 26.6. The molecule has 0 aliphatic carbocycles. The number of esters is 1. The fourth-order valence-electron chi connectivity index (χ4n) is 3.48. The highest BCUT2D eigenvalue weighted by atomic mass is 16.6. The minimum Gasteiger partial charge on any atom is -0.470 e. The van der Waals surface area contributed by atoms with E-state index in [4.69, 9.17) is 9.47 Å². The molecule has 0 aromatic rings. The molecular weight excluding hydrogens is 426 g/mol. The first-order chi connectivity index (χ1) is 15.5. The van der Waals surface area contributed by atoms with Gasteiger partial charge in [-0.25, -0.2) is 4.79 Å². The fraction of sp³-hybridized carbons (Fsp3) is 0.520. The Morgan fingerprint density at radius 1 is 1.09 bits per heavy atom. The molecule has 6 atom stereocenters. The summed E-state index contributed by atoms with van der Waals surface area (Å²) in [5, 5.41) is 32.9. The summed E-state index contributed by atoms with van der Waals surface area (Å²) in [6.07, 6.45) is 6.32. The number of aliphatic hydroxyl groups excluding tert-OH is 3. The predicted molar refractivity (Wildman–Crippen MR) is 123 cm³/mol. The van der Waals surface area contributed by atoms with E-state index in [9.17, 15) is 24.9 Å². The molecule has 0 fully saturated rings. The quantitative estimate of drug-likeness (QED) is 0.465. The van der Waals surface area contributed by atoms with Crippen molar-refractivity contribution in [2.45, 2.75) is 78.1 Å². The minimum absolute atomic E-state index is 0.167. The zero-order valence-electron chi connectivity index (χ0n) is 19.8. The number of carbonyl (C=O) groups is 2. The molecule has 0 saturated carbocycles. The van der Waals surface area contributed by atoms with Crippen molar-refractivity contribution < 1.29 is 34.4 Å². The lowest BCUT2D eigenvalue weighted by Crippen LogP contribution is -2.43. The van der Waals surface area contributed by atoms with Crippen LogP contribution in [0.4, 0.5) is 0 Å². The highest BCUT2D eigenvalue weighted by Crippen LogP contribution is 2.32. The van der Waals surface area contributed by atoms with Crippen molar-refractivity contribution in [2.24, 2.45) is 5.92 Å². The third kappa shape index (κ3) is 7.99. The molecule has 2 rings (SSSR count). The Bertz CT molecular complexity index is 881. The topological polar surface area (TPSA) is 125 Å². The second-order valence-electron chi connectivity index (χ2n) is 8.63. The van der Waals surface area contributed by atoms with Gasteiger partial charge >= 0.3 is 5.97 Å². The summed E-state index contributed by atoms with van der Waals surface area (Å²) in [7, 11) is 0. The Morgan fingerprint density at radius 2 is 1.73 bits per heavy atom. The summed E-state index contributed by atoms with van der Waals surface area (Å²) < 4.78 is 11.6. The molecule has 4 N–H and O–H groups in total. The van der Waals surface area contributed by atoms with Gasteiger partial charge in [0.25, 0.3) is 5.91 Å². The van der Waals surface area contributed by atoms with Gasteiger partial charge in [0.05, 0.1) is 23.7 Å². The highest BCUT2D eigenvalue weighted by Gasteiger charge is 2.36. The van der Waals surface area contributed by atoms with Crippen molar-refractivity contribution in [2.75, 3.05) is 0 Å². The number of carbonyl (C=O) groups excluding carboxylic acids is 2. The number of aliphatic hydroxyl groups is 3. The normalized spacial score (nSPS) is 30.4. The molecule has 6 unspecified atom stereocenters. The average molecular weight is 462 g/mol. The molecule has 182 valence electrons. The molecule has 0 aromatic carbocycles. The number of allylic oxidation sites excluding steroid dienone is 4. The van der Waals surface area contributed by atoms with Crippen LogP contribution in [0.25, 0.3) is 0 Å². The maximum Gasteiger partial charge on any atom is 0.337 e. The predicted octanol–water partition coefficient (Wildman–Crippen LogP) is 2.18. The fourth-order valence-corrected chi connectivity index (χ4v) is 3.48. The SMILES string of the molecule is CC1=CCC(O)C=CC(C)=CC(NC(=O)C(C)O)OC2=C(C)C(=O)OC(CC(O)C=C1)C2C. The van der Waals surface area contributed by atoms with Crippen LogP contribution in [-0.4, -0.2) is 57.8 Å². The van der Waals surface area contributed by atoms with E-state index in [1.807, 2.05) is 19.9 Å². The molecule has 0 radical (unpaired) electrons. The molecule has 2 aliphatic heterocycles. The Hall–Kier alpha value is -2.68. The average Bonchev–Trinajstić information content (AvgIpc) is 2.75. The van der Waals surface area contributed by atoms with E-state index in [-0.39, 0.29) is 17.9 Å². The standard InChI is InChI=1S/C25H35NO7/c1-14-6-9-19(28)10-8-15(2)12-22(26-24(30)18(5)27)33-23-16(3)21(13-20(29)11-7-14)32-25(31)17(23)4/h6-8,10-12,16,18-22,27-29H,9,13H2,1-5H3,(H,26,30). The van der Waals surface area contributed by atoms with Gasteiger partial charge in [-0.05, 0) is 45.8 Å². The van der Waals surface area contributed by atoms with E-state index < -0.39 is 42.5 Å². The van der Waals surface area contributed by atoms with Crippen molar-refractivity contribution in [1.82, 2.24) is 5.32 Å². The van der Waals surface area contributed by atoms with Crippen LogP contribution in [0.5, 0.6) is 0 Å². The zero-order valence-corrected chi connectivity index (χ0v) is 19.8. The Morgan fingerprint density at radius 3 is 2.39 bits per heavy atom. The minimum atomic E-state index is -1.25. The van der Waals surface area contributed by atoms with Crippen molar-refractivity contribution in [1.29, 1.82) is 0 Å². The summed E-state index contributed by atoms with van der Waals surface area (Å²) in [5.74, 6) is -1.23. The molecule has 2 aliphatic rings. The lowest BCUT2D eigenvalue weighted by atomic mass is 9.92. The maximum absolute atomic E-state index is 12.5. The zero-order chi connectivity index (χ0) is 24.7. The maximum atomic E-state index is 12.5. The first-order valence-corrected chi connectivity index (χ1v) is 11.1. The molecular formula is C25H35NO7.